The van der Waals surface area contributed by atoms with E-state index in [2.05, 4.69) is 31.0 Å². The van der Waals surface area contributed by atoms with E-state index in [-0.39, 0.29) is 0 Å². The van der Waals surface area contributed by atoms with Crippen LogP contribution < -0.4 is 0 Å². The summed E-state index contributed by atoms with van der Waals surface area (Å²) in [6.45, 7) is 4.23. The summed E-state index contributed by atoms with van der Waals surface area (Å²) in [5.41, 5.74) is 4.50. The minimum absolute atomic E-state index is 0.564. The lowest BCUT2D eigenvalue weighted by Crippen LogP contribution is -1.79. The summed E-state index contributed by atoms with van der Waals surface area (Å²) in [4.78, 5) is 4.64. The molecule has 4 heteroatoms. The zero-order valence-electron chi connectivity index (χ0n) is 11.7. The molecule has 0 amide bonds. The summed E-state index contributed by atoms with van der Waals surface area (Å²) in [6, 6.07) is 9.92. The standard InChI is InChI=1S/C17H13Cl2NS/c1-10-8-14-15(9-11(10)2)21-16(20-14)7-6-12-4-3-5-13(18)17(12)19/h3-9H,1-2H3. The number of halogens is 2. The lowest BCUT2D eigenvalue weighted by atomic mass is 10.1. The lowest BCUT2D eigenvalue weighted by Gasteiger charge is -1.99. The molecule has 106 valence electrons. The molecule has 3 rings (SSSR count). The summed E-state index contributed by atoms with van der Waals surface area (Å²) < 4.78 is 1.20. The van der Waals surface area contributed by atoms with Gasteiger partial charge in [-0.1, -0.05) is 41.4 Å². The molecule has 1 heterocycles. The van der Waals surface area contributed by atoms with Crippen LogP contribution in [0.5, 0.6) is 0 Å². The van der Waals surface area contributed by atoms with E-state index in [4.69, 9.17) is 23.2 Å². The normalized spacial score (nSPS) is 11.6. The number of aryl methyl sites for hydroxylation is 2. The summed E-state index contributed by atoms with van der Waals surface area (Å²) in [7, 11) is 0. The topological polar surface area (TPSA) is 12.9 Å². The molecule has 0 aliphatic heterocycles. The second kappa shape index (κ2) is 5.80. The van der Waals surface area contributed by atoms with Gasteiger partial charge in [0.1, 0.15) is 5.01 Å². The molecule has 0 fully saturated rings. The maximum absolute atomic E-state index is 6.18. The van der Waals surface area contributed by atoms with Gasteiger partial charge >= 0.3 is 0 Å². The zero-order valence-corrected chi connectivity index (χ0v) is 14.0. The third-order valence-corrected chi connectivity index (χ3v) is 5.22. The SMILES string of the molecule is Cc1cc2nc(C=Cc3cccc(Cl)c3Cl)sc2cc1C. The largest absolute Gasteiger partial charge is 0.237 e. The van der Waals surface area contributed by atoms with Crippen LogP contribution in [-0.4, -0.2) is 4.98 Å². The molecule has 0 spiro atoms. The molecule has 0 bridgehead atoms. The van der Waals surface area contributed by atoms with Gasteiger partial charge in [0.2, 0.25) is 0 Å². The van der Waals surface area contributed by atoms with Gasteiger partial charge in [-0.25, -0.2) is 4.98 Å². The fourth-order valence-electron chi connectivity index (χ4n) is 2.08. The highest BCUT2D eigenvalue weighted by atomic mass is 35.5. The van der Waals surface area contributed by atoms with Gasteiger partial charge in [-0.3, -0.25) is 0 Å². The van der Waals surface area contributed by atoms with Gasteiger partial charge in [-0.05, 0) is 54.8 Å². The number of hydrogen-bond acceptors (Lipinski definition) is 2. The van der Waals surface area contributed by atoms with Crippen LogP contribution >= 0.6 is 34.5 Å². The van der Waals surface area contributed by atoms with Crippen molar-refractivity contribution in [2.75, 3.05) is 0 Å². The van der Waals surface area contributed by atoms with Crippen molar-refractivity contribution in [2.45, 2.75) is 13.8 Å². The predicted molar refractivity (Wildman–Crippen MR) is 94.5 cm³/mol. The summed E-state index contributed by atoms with van der Waals surface area (Å²) >= 11 is 13.9. The summed E-state index contributed by atoms with van der Waals surface area (Å²) in [5.74, 6) is 0. The first-order chi connectivity index (χ1) is 10.0. The van der Waals surface area contributed by atoms with E-state index in [1.54, 1.807) is 17.4 Å². The maximum Gasteiger partial charge on any atom is 0.117 e. The molecule has 0 N–H and O–H groups in total. The van der Waals surface area contributed by atoms with Gasteiger partial charge in [0, 0.05) is 0 Å². The van der Waals surface area contributed by atoms with E-state index < -0.39 is 0 Å². The molecular formula is C17H13Cl2NS. The fraction of sp³-hybridized carbons (Fsp3) is 0.118. The van der Waals surface area contributed by atoms with Crippen molar-refractivity contribution >= 4 is 56.9 Å². The fourth-order valence-corrected chi connectivity index (χ4v) is 3.40. The van der Waals surface area contributed by atoms with E-state index in [0.717, 1.165) is 16.1 Å². The molecule has 2 aromatic carbocycles. The molecule has 1 aromatic heterocycles. The van der Waals surface area contributed by atoms with Crippen molar-refractivity contribution in [1.82, 2.24) is 4.98 Å². The average molecular weight is 334 g/mol. The monoisotopic (exact) mass is 333 g/mol. The van der Waals surface area contributed by atoms with Gasteiger partial charge in [-0.2, -0.15) is 0 Å². The Morgan fingerprint density at radius 1 is 1.05 bits per heavy atom. The molecule has 1 nitrogen and oxygen atoms in total. The first-order valence-corrected chi connectivity index (χ1v) is 8.12. The number of hydrogen-bond donors (Lipinski definition) is 0. The van der Waals surface area contributed by atoms with Gasteiger partial charge < -0.3 is 0 Å². The van der Waals surface area contributed by atoms with Crippen LogP contribution in [0.2, 0.25) is 10.0 Å². The second-order valence-corrected chi connectivity index (χ2v) is 6.78. The molecule has 3 aromatic rings. The quantitative estimate of drug-likeness (QED) is 0.529. The molecule has 0 unspecified atom stereocenters. The van der Waals surface area contributed by atoms with Crippen LogP contribution in [-0.2, 0) is 0 Å². The third kappa shape index (κ3) is 2.98. The number of rotatable bonds is 2. The van der Waals surface area contributed by atoms with Crippen LogP contribution in [0.4, 0.5) is 0 Å². The van der Waals surface area contributed by atoms with Crippen molar-refractivity contribution in [2.24, 2.45) is 0 Å². The van der Waals surface area contributed by atoms with Gasteiger partial charge in [0.05, 0.1) is 20.3 Å². The first kappa shape index (κ1) is 14.6. The van der Waals surface area contributed by atoms with Crippen LogP contribution in [0, 0.1) is 13.8 Å². The summed E-state index contributed by atoms with van der Waals surface area (Å²) in [5, 5.41) is 2.10. The molecule has 0 saturated carbocycles. The number of nitrogens with zero attached hydrogens (tertiary/aromatic N) is 1. The smallest absolute Gasteiger partial charge is 0.117 e. The highest BCUT2D eigenvalue weighted by Gasteiger charge is 2.05. The molecule has 0 aliphatic carbocycles. The molecule has 21 heavy (non-hydrogen) atoms. The molecule has 0 aliphatic rings. The van der Waals surface area contributed by atoms with Gasteiger partial charge in [-0.15, -0.1) is 11.3 Å². The van der Waals surface area contributed by atoms with Crippen molar-refractivity contribution in [1.29, 1.82) is 0 Å². The Labute approximate surface area is 137 Å². The second-order valence-electron chi connectivity index (χ2n) is 4.93. The number of aromatic nitrogens is 1. The number of fused-ring (bicyclic) bond motifs is 1. The summed E-state index contributed by atoms with van der Waals surface area (Å²) in [6.07, 6.45) is 3.93. The van der Waals surface area contributed by atoms with E-state index in [1.807, 2.05) is 24.3 Å². The van der Waals surface area contributed by atoms with Gasteiger partial charge in [0.25, 0.3) is 0 Å². The minimum Gasteiger partial charge on any atom is -0.237 e. The molecule has 0 saturated heterocycles. The highest BCUT2D eigenvalue weighted by molar-refractivity contribution is 7.19. The van der Waals surface area contributed by atoms with Crippen LogP contribution in [0.25, 0.3) is 22.4 Å². The van der Waals surface area contributed by atoms with E-state index >= 15 is 0 Å². The van der Waals surface area contributed by atoms with Crippen LogP contribution in [0.15, 0.2) is 30.3 Å². The molecule has 0 radical (unpaired) electrons. The Morgan fingerprint density at radius 3 is 2.62 bits per heavy atom. The molecule has 0 atom stereocenters. The van der Waals surface area contributed by atoms with Crippen molar-refractivity contribution < 1.29 is 0 Å². The minimum atomic E-state index is 0.564. The van der Waals surface area contributed by atoms with Crippen LogP contribution in [0.3, 0.4) is 0 Å². The van der Waals surface area contributed by atoms with Crippen molar-refractivity contribution in [3.8, 4) is 0 Å². The Hall–Kier alpha value is -1.35. The average Bonchev–Trinajstić information content (AvgIpc) is 2.83. The zero-order chi connectivity index (χ0) is 15.0. The maximum atomic E-state index is 6.18. The van der Waals surface area contributed by atoms with E-state index in [1.165, 1.54) is 15.8 Å². The highest BCUT2D eigenvalue weighted by Crippen LogP contribution is 2.29. The van der Waals surface area contributed by atoms with Gasteiger partial charge in [0.15, 0.2) is 0 Å². The van der Waals surface area contributed by atoms with Crippen LogP contribution in [0.1, 0.15) is 21.7 Å². The Bertz CT molecular complexity index is 810. The Morgan fingerprint density at radius 2 is 1.81 bits per heavy atom. The van der Waals surface area contributed by atoms with E-state index in [9.17, 15) is 0 Å². The Balaban J connectivity index is 1.98. The lowest BCUT2D eigenvalue weighted by molar-refractivity contribution is 1.35. The van der Waals surface area contributed by atoms with Crippen molar-refractivity contribution in [3.05, 3.63) is 62.1 Å². The predicted octanol–water partition coefficient (Wildman–Crippen LogP) is 6.39. The molecular weight excluding hydrogens is 321 g/mol. The Kier molecular flexibility index (Phi) is 4.03. The van der Waals surface area contributed by atoms with E-state index in [0.29, 0.717) is 10.0 Å². The number of benzene rings is 2. The third-order valence-electron chi connectivity index (χ3n) is 3.41. The van der Waals surface area contributed by atoms with Crippen molar-refractivity contribution in [3.63, 3.8) is 0 Å². The first-order valence-electron chi connectivity index (χ1n) is 6.54. The number of thiazole rings is 1.